The Hall–Kier alpha value is -1.80. The van der Waals surface area contributed by atoms with Gasteiger partial charge in [-0.1, -0.05) is 60.7 Å². The second kappa shape index (κ2) is 7.90. The zero-order valence-corrected chi connectivity index (χ0v) is 18.5. The fourth-order valence-electron chi connectivity index (χ4n) is 5.22. The van der Waals surface area contributed by atoms with Gasteiger partial charge in [-0.3, -0.25) is 0 Å². The molecule has 1 saturated carbocycles. The number of fused-ring (bicyclic) bond motifs is 1. The zero-order valence-electron chi connectivity index (χ0n) is 18.5. The minimum absolute atomic E-state index is 0.185. The van der Waals surface area contributed by atoms with Crippen LogP contribution in [0.2, 0.25) is 0 Å². The van der Waals surface area contributed by atoms with Gasteiger partial charge in [-0.2, -0.15) is 0 Å². The van der Waals surface area contributed by atoms with E-state index in [2.05, 4.69) is 30.3 Å². The summed E-state index contributed by atoms with van der Waals surface area (Å²) in [5.74, 6) is -0.912. The average molecular weight is 439 g/mol. The molecule has 6 nitrogen and oxygen atoms in total. The smallest absolute Gasteiger partial charge is 0.224 e. The highest BCUT2D eigenvalue weighted by molar-refractivity contribution is 5.26. The van der Waals surface area contributed by atoms with Crippen LogP contribution >= 0.6 is 0 Å². The van der Waals surface area contributed by atoms with E-state index in [0.717, 1.165) is 12.0 Å². The maximum absolute atomic E-state index is 6.53. The van der Waals surface area contributed by atoms with Crippen molar-refractivity contribution in [3.8, 4) is 0 Å². The second-order valence-electron chi connectivity index (χ2n) is 9.69. The Morgan fingerprint density at radius 3 is 2.41 bits per heavy atom. The largest absolute Gasteiger partial charge is 0.365 e. The molecule has 1 spiro atoms. The molecule has 3 aliphatic heterocycles. The van der Waals surface area contributed by atoms with Crippen LogP contribution in [0.1, 0.15) is 37.3 Å². The summed E-state index contributed by atoms with van der Waals surface area (Å²) in [6, 6.07) is 20.7. The zero-order chi connectivity index (χ0) is 21.8. The van der Waals surface area contributed by atoms with E-state index in [0.29, 0.717) is 31.7 Å². The molecule has 6 heteroatoms. The van der Waals surface area contributed by atoms with E-state index in [1.807, 2.05) is 44.2 Å². The van der Waals surface area contributed by atoms with Gasteiger partial charge in [0.1, 0.15) is 24.9 Å². The molecular formula is C26H30O6. The lowest BCUT2D eigenvalue weighted by Gasteiger charge is -2.43. The van der Waals surface area contributed by atoms with Crippen LogP contribution in [-0.4, -0.2) is 49.4 Å². The van der Waals surface area contributed by atoms with Crippen LogP contribution in [0.25, 0.3) is 0 Å². The van der Waals surface area contributed by atoms with Crippen LogP contribution in [0.5, 0.6) is 0 Å². The molecule has 7 atom stereocenters. The molecule has 6 rings (SSSR count). The Morgan fingerprint density at radius 1 is 0.938 bits per heavy atom. The van der Waals surface area contributed by atoms with Gasteiger partial charge in [-0.25, -0.2) is 0 Å². The predicted octanol–water partition coefficient (Wildman–Crippen LogP) is 4.00. The first-order valence-corrected chi connectivity index (χ1v) is 11.5. The lowest BCUT2D eigenvalue weighted by Crippen LogP contribution is -2.62. The molecule has 32 heavy (non-hydrogen) atoms. The monoisotopic (exact) mass is 438 g/mol. The summed E-state index contributed by atoms with van der Waals surface area (Å²) in [5, 5.41) is 0. The van der Waals surface area contributed by atoms with E-state index in [9.17, 15) is 0 Å². The van der Waals surface area contributed by atoms with Gasteiger partial charge in [0.15, 0.2) is 12.1 Å². The Kier molecular flexibility index (Phi) is 5.13. The highest BCUT2D eigenvalue weighted by Gasteiger charge is 2.64. The first-order valence-electron chi connectivity index (χ1n) is 11.5. The Bertz CT molecular complexity index is 934. The van der Waals surface area contributed by atoms with Crippen LogP contribution in [0.4, 0.5) is 0 Å². The minimum atomic E-state index is -1.000. The molecule has 0 amide bonds. The molecule has 4 fully saturated rings. The van der Waals surface area contributed by atoms with Crippen molar-refractivity contribution >= 4 is 0 Å². The summed E-state index contributed by atoms with van der Waals surface area (Å²) >= 11 is 0. The molecule has 170 valence electrons. The van der Waals surface area contributed by atoms with Crippen molar-refractivity contribution in [1.29, 1.82) is 0 Å². The maximum Gasteiger partial charge on any atom is 0.224 e. The molecule has 2 aromatic carbocycles. The molecule has 0 bridgehead atoms. The van der Waals surface area contributed by atoms with Crippen molar-refractivity contribution in [2.24, 2.45) is 5.92 Å². The van der Waals surface area contributed by atoms with Crippen LogP contribution in [0.15, 0.2) is 60.7 Å². The Balaban J connectivity index is 1.21. The highest BCUT2D eigenvalue weighted by Crippen LogP contribution is 2.54. The van der Waals surface area contributed by atoms with E-state index >= 15 is 0 Å². The normalized spacial score (nSPS) is 39.8. The summed E-state index contributed by atoms with van der Waals surface area (Å²) < 4.78 is 37.8. The van der Waals surface area contributed by atoms with Crippen molar-refractivity contribution in [2.75, 3.05) is 13.2 Å². The quantitative estimate of drug-likeness (QED) is 0.704. The molecule has 1 aliphatic carbocycles. The van der Waals surface area contributed by atoms with Gasteiger partial charge in [0.25, 0.3) is 0 Å². The van der Waals surface area contributed by atoms with Gasteiger partial charge in [-0.05, 0) is 37.3 Å². The number of ether oxygens (including phenoxy) is 6. The summed E-state index contributed by atoms with van der Waals surface area (Å²) in [6.45, 7) is 4.93. The van der Waals surface area contributed by atoms with E-state index < -0.39 is 17.7 Å². The lowest BCUT2D eigenvalue weighted by molar-refractivity contribution is -0.336. The number of hydrogen-bond donors (Lipinski definition) is 0. The molecule has 4 aliphatic rings. The predicted molar refractivity (Wildman–Crippen MR) is 116 cm³/mol. The van der Waals surface area contributed by atoms with Gasteiger partial charge < -0.3 is 28.4 Å². The number of rotatable bonds is 5. The van der Waals surface area contributed by atoms with Crippen molar-refractivity contribution < 1.29 is 28.4 Å². The fraction of sp³-hybridized carbons (Fsp3) is 0.538. The average Bonchev–Trinajstić information content (AvgIpc) is 3.39. The fourth-order valence-corrected chi connectivity index (χ4v) is 5.22. The number of hydrogen-bond acceptors (Lipinski definition) is 6. The number of benzene rings is 2. The molecular weight excluding hydrogens is 408 g/mol. The first kappa shape index (κ1) is 20.8. The van der Waals surface area contributed by atoms with Crippen LogP contribution in [0.3, 0.4) is 0 Å². The standard InChI is InChI=1S/C26H30O6/c1-25(2)29-16-26(32-25)23(27-14-17-9-5-3-6-10-17)22-21(15-28-26)30-24(31-22)20-13-19(20)18-11-7-4-8-12-18/h3-12,19-24H,13-16H2,1-2H3/t19-,20+,21-,22-,23+,24-,26+/m1/s1. The summed E-state index contributed by atoms with van der Waals surface area (Å²) in [4.78, 5) is 0. The maximum atomic E-state index is 6.53. The molecule has 0 aromatic heterocycles. The van der Waals surface area contributed by atoms with Crippen molar-refractivity contribution in [2.45, 2.75) is 69.0 Å². The highest BCUT2D eigenvalue weighted by atomic mass is 16.9. The van der Waals surface area contributed by atoms with Gasteiger partial charge in [0.05, 0.1) is 13.2 Å². The van der Waals surface area contributed by atoms with Crippen LogP contribution < -0.4 is 0 Å². The third-order valence-electron chi connectivity index (χ3n) is 6.92. The third-order valence-corrected chi connectivity index (χ3v) is 6.92. The van der Waals surface area contributed by atoms with Crippen molar-refractivity contribution in [1.82, 2.24) is 0 Å². The second-order valence-corrected chi connectivity index (χ2v) is 9.69. The molecule has 3 saturated heterocycles. The Labute approximate surface area is 188 Å². The molecule has 0 radical (unpaired) electrons. The summed E-state index contributed by atoms with van der Waals surface area (Å²) in [5.41, 5.74) is 2.43. The van der Waals surface area contributed by atoms with Gasteiger partial charge in [0, 0.05) is 5.92 Å². The van der Waals surface area contributed by atoms with E-state index in [1.54, 1.807) is 0 Å². The van der Waals surface area contributed by atoms with Gasteiger partial charge >= 0.3 is 0 Å². The summed E-state index contributed by atoms with van der Waals surface area (Å²) in [7, 11) is 0. The molecule has 3 heterocycles. The van der Waals surface area contributed by atoms with Gasteiger partial charge in [-0.15, -0.1) is 0 Å². The minimum Gasteiger partial charge on any atom is -0.365 e. The molecule has 0 N–H and O–H groups in total. The molecule has 0 unspecified atom stereocenters. The van der Waals surface area contributed by atoms with Crippen molar-refractivity contribution in [3.05, 3.63) is 71.8 Å². The lowest BCUT2D eigenvalue weighted by atomic mass is 9.97. The van der Waals surface area contributed by atoms with Gasteiger partial charge in [0.2, 0.25) is 5.79 Å². The van der Waals surface area contributed by atoms with Crippen LogP contribution in [0, 0.1) is 5.92 Å². The first-order chi connectivity index (χ1) is 15.5. The Morgan fingerprint density at radius 2 is 1.69 bits per heavy atom. The van der Waals surface area contributed by atoms with E-state index in [1.165, 1.54) is 5.56 Å². The summed E-state index contributed by atoms with van der Waals surface area (Å²) in [6.07, 6.45) is -0.0977. The van der Waals surface area contributed by atoms with Crippen LogP contribution in [-0.2, 0) is 35.0 Å². The van der Waals surface area contributed by atoms with Crippen molar-refractivity contribution in [3.63, 3.8) is 0 Å². The molecule has 2 aromatic rings. The van der Waals surface area contributed by atoms with E-state index in [-0.39, 0.29) is 18.5 Å². The SMILES string of the molecule is CC1(C)OC[C@]2(OC[C@H]3O[C@@H]([C@H]4C[C@@H]4c4ccccc4)O[C@H]3[C@@H]2OCc2ccccc2)O1. The van der Waals surface area contributed by atoms with E-state index in [4.69, 9.17) is 28.4 Å². The third kappa shape index (κ3) is 3.79. The topological polar surface area (TPSA) is 55.4 Å².